The minimum atomic E-state index is -0.347. The summed E-state index contributed by atoms with van der Waals surface area (Å²) in [6.07, 6.45) is 1.52. The monoisotopic (exact) mass is 432 g/mol. The van der Waals surface area contributed by atoms with Crippen LogP contribution in [0.5, 0.6) is 0 Å². The Morgan fingerprint density at radius 3 is 2.37 bits per heavy atom. The van der Waals surface area contributed by atoms with Crippen molar-refractivity contribution in [1.29, 1.82) is 0 Å². The molecule has 1 saturated heterocycles. The molecule has 0 aromatic heterocycles. The van der Waals surface area contributed by atoms with Crippen LogP contribution in [0.1, 0.15) is 31.4 Å². The highest BCUT2D eigenvalue weighted by atomic mass is 35.5. The second-order valence-corrected chi connectivity index (χ2v) is 7.93. The van der Waals surface area contributed by atoms with Crippen molar-refractivity contribution in [1.82, 2.24) is 15.5 Å². The number of hydrogen-bond donors (Lipinski definition) is 3. The maximum Gasteiger partial charge on any atom is 0.319 e. The Kier molecular flexibility index (Phi) is 7.65. The lowest BCUT2D eigenvalue weighted by atomic mass is 10.1. The molecule has 1 heterocycles. The first-order valence-electron chi connectivity index (χ1n) is 9.99. The van der Waals surface area contributed by atoms with Crippen molar-refractivity contribution in [3.63, 3.8) is 0 Å². The van der Waals surface area contributed by atoms with Gasteiger partial charge in [-0.05, 0) is 61.7 Å². The summed E-state index contributed by atoms with van der Waals surface area (Å²) in [5.41, 5.74) is 1.54. The molecule has 160 valence electrons. The third-order valence-electron chi connectivity index (χ3n) is 5.14. The van der Waals surface area contributed by atoms with Crippen LogP contribution in [0, 0.1) is 5.82 Å². The van der Waals surface area contributed by atoms with E-state index in [9.17, 15) is 14.0 Å². The lowest BCUT2D eigenvalue weighted by molar-refractivity contribution is -0.123. The number of piperidine rings is 1. The lowest BCUT2D eigenvalue weighted by Gasteiger charge is -2.32. The van der Waals surface area contributed by atoms with Gasteiger partial charge in [-0.15, -0.1) is 0 Å². The Bertz CT molecular complexity index is 852. The molecule has 1 unspecified atom stereocenters. The number of halogens is 2. The van der Waals surface area contributed by atoms with Crippen LogP contribution in [0.15, 0.2) is 48.5 Å². The molecule has 6 nitrogen and oxygen atoms in total. The molecule has 1 fully saturated rings. The fraction of sp³-hybridized carbons (Fsp3) is 0.364. The largest absolute Gasteiger partial charge is 0.348 e. The molecular weight excluding hydrogens is 407 g/mol. The Balaban J connectivity index is 1.37. The minimum absolute atomic E-state index is 0.0297. The van der Waals surface area contributed by atoms with Crippen molar-refractivity contribution < 1.29 is 14.0 Å². The summed E-state index contributed by atoms with van der Waals surface area (Å²) in [7, 11) is 0. The number of carbonyl (C=O) groups excluding carboxylic acids is 2. The van der Waals surface area contributed by atoms with Crippen LogP contribution in [-0.2, 0) is 4.79 Å². The number of amides is 3. The number of nitrogens with zero attached hydrogens (tertiary/aromatic N) is 1. The first-order chi connectivity index (χ1) is 14.4. The van der Waals surface area contributed by atoms with Crippen molar-refractivity contribution in [2.45, 2.75) is 31.8 Å². The number of anilines is 1. The molecule has 1 atom stereocenters. The standard InChI is InChI=1S/C22H26ClFN4O2/c1-15(16-2-4-17(23)5-3-16)25-21(29)14-28-12-10-20(11-13-28)27-22(30)26-19-8-6-18(24)7-9-19/h2-9,15,20H,10-14H2,1H3,(H,25,29)(H2,26,27,30). The molecule has 0 bridgehead atoms. The summed E-state index contributed by atoms with van der Waals surface area (Å²) < 4.78 is 12.9. The Morgan fingerprint density at radius 2 is 1.73 bits per heavy atom. The molecule has 3 N–H and O–H groups in total. The van der Waals surface area contributed by atoms with E-state index in [0.717, 1.165) is 31.5 Å². The average Bonchev–Trinajstić information content (AvgIpc) is 2.71. The zero-order valence-corrected chi connectivity index (χ0v) is 17.6. The van der Waals surface area contributed by atoms with E-state index >= 15 is 0 Å². The number of nitrogens with one attached hydrogen (secondary N) is 3. The summed E-state index contributed by atoms with van der Waals surface area (Å²) in [6, 6.07) is 12.7. The van der Waals surface area contributed by atoms with Crippen LogP contribution in [0.25, 0.3) is 0 Å². The van der Waals surface area contributed by atoms with E-state index < -0.39 is 0 Å². The van der Waals surface area contributed by atoms with E-state index in [2.05, 4.69) is 20.9 Å². The number of rotatable bonds is 6. The SMILES string of the molecule is CC(NC(=O)CN1CCC(NC(=O)Nc2ccc(F)cc2)CC1)c1ccc(Cl)cc1. The van der Waals surface area contributed by atoms with Crippen molar-refractivity contribution in [2.75, 3.05) is 25.0 Å². The zero-order valence-electron chi connectivity index (χ0n) is 16.8. The predicted molar refractivity (Wildman–Crippen MR) is 116 cm³/mol. The van der Waals surface area contributed by atoms with Crippen molar-refractivity contribution in [3.8, 4) is 0 Å². The summed E-state index contributed by atoms with van der Waals surface area (Å²) in [4.78, 5) is 26.5. The van der Waals surface area contributed by atoms with Crippen LogP contribution < -0.4 is 16.0 Å². The normalized spacial score (nSPS) is 16.0. The highest BCUT2D eigenvalue weighted by molar-refractivity contribution is 6.30. The third kappa shape index (κ3) is 6.71. The van der Waals surface area contributed by atoms with Gasteiger partial charge in [-0.2, -0.15) is 0 Å². The number of likely N-dealkylation sites (tertiary alicyclic amines) is 1. The van der Waals surface area contributed by atoms with Crippen LogP contribution in [0.2, 0.25) is 5.02 Å². The highest BCUT2D eigenvalue weighted by Gasteiger charge is 2.22. The third-order valence-corrected chi connectivity index (χ3v) is 5.39. The van der Waals surface area contributed by atoms with Crippen molar-refractivity contribution >= 4 is 29.2 Å². The molecule has 3 amide bonds. The first kappa shape index (κ1) is 22.1. The van der Waals surface area contributed by atoms with Gasteiger partial charge in [0.25, 0.3) is 0 Å². The van der Waals surface area contributed by atoms with Crippen LogP contribution >= 0.6 is 11.6 Å². The highest BCUT2D eigenvalue weighted by Crippen LogP contribution is 2.16. The van der Waals surface area contributed by atoms with Gasteiger partial charge in [-0.1, -0.05) is 23.7 Å². The van der Waals surface area contributed by atoms with E-state index in [4.69, 9.17) is 11.6 Å². The van der Waals surface area contributed by atoms with E-state index in [1.165, 1.54) is 24.3 Å². The number of hydrogen-bond acceptors (Lipinski definition) is 3. The van der Waals surface area contributed by atoms with Gasteiger partial charge in [0.15, 0.2) is 0 Å². The van der Waals surface area contributed by atoms with Crippen molar-refractivity contribution in [2.24, 2.45) is 0 Å². The molecule has 3 rings (SSSR count). The molecule has 0 saturated carbocycles. The fourth-order valence-corrected chi connectivity index (χ4v) is 3.57. The molecule has 1 aliphatic rings. The quantitative estimate of drug-likeness (QED) is 0.647. The molecular formula is C22H26ClFN4O2. The maximum absolute atomic E-state index is 12.9. The second-order valence-electron chi connectivity index (χ2n) is 7.50. The van der Waals surface area contributed by atoms with Crippen molar-refractivity contribution in [3.05, 3.63) is 64.9 Å². The molecule has 0 spiro atoms. The Morgan fingerprint density at radius 1 is 1.10 bits per heavy atom. The van der Waals surface area contributed by atoms with E-state index in [-0.39, 0.29) is 29.8 Å². The van der Waals surface area contributed by atoms with Gasteiger partial charge in [-0.3, -0.25) is 9.69 Å². The number of benzene rings is 2. The lowest BCUT2D eigenvalue weighted by Crippen LogP contribution is -2.48. The van der Waals surface area contributed by atoms with E-state index in [0.29, 0.717) is 17.3 Å². The van der Waals surface area contributed by atoms with Crippen LogP contribution in [-0.4, -0.2) is 42.5 Å². The van der Waals surface area contributed by atoms with Gasteiger partial charge in [-0.25, -0.2) is 9.18 Å². The maximum atomic E-state index is 12.9. The fourth-order valence-electron chi connectivity index (χ4n) is 3.45. The average molecular weight is 433 g/mol. The van der Waals surface area contributed by atoms with Gasteiger partial charge >= 0.3 is 6.03 Å². The molecule has 8 heteroatoms. The number of urea groups is 1. The summed E-state index contributed by atoms with van der Waals surface area (Å²) in [5, 5.41) is 9.30. The predicted octanol–water partition coefficient (Wildman–Crippen LogP) is 3.94. The molecule has 2 aromatic rings. The summed E-state index contributed by atoms with van der Waals surface area (Å²) in [6.45, 7) is 3.72. The Labute approximate surface area is 180 Å². The van der Waals surface area contributed by atoms with Gasteiger partial charge < -0.3 is 16.0 Å². The van der Waals surface area contributed by atoms with Crippen LogP contribution in [0.4, 0.5) is 14.9 Å². The molecule has 30 heavy (non-hydrogen) atoms. The topological polar surface area (TPSA) is 73.5 Å². The second kappa shape index (κ2) is 10.4. The summed E-state index contributed by atoms with van der Waals surface area (Å²) in [5.74, 6) is -0.377. The van der Waals surface area contributed by atoms with E-state index in [1.54, 1.807) is 0 Å². The smallest absolute Gasteiger partial charge is 0.319 e. The molecule has 0 radical (unpaired) electrons. The molecule has 1 aliphatic heterocycles. The van der Waals surface area contributed by atoms with Gasteiger partial charge in [0.2, 0.25) is 5.91 Å². The molecule has 2 aromatic carbocycles. The van der Waals surface area contributed by atoms with Gasteiger partial charge in [0.05, 0.1) is 12.6 Å². The van der Waals surface area contributed by atoms with Crippen LogP contribution in [0.3, 0.4) is 0 Å². The van der Waals surface area contributed by atoms with E-state index in [1.807, 2.05) is 31.2 Å². The zero-order chi connectivity index (χ0) is 21.5. The number of carbonyl (C=O) groups is 2. The van der Waals surface area contributed by atoms with Gasteiger partial charge in [0, 0.05) is 29.8 Å². The first-order valence-corrected chi connectivity index (χ1v) is 10.4. The molecule has 0 aliphatic carbocycles. The summed E-state index contributed by atoms with van der Waals surface area (Å²) >= 11 is 5.90. The minimum Gasteiger partial charge on any atom is -0.348 e. The van der Waals surface area contributed by atoms with Gasteiger partial charge in [0.1, 0.15) is 5.82 Å². The Hall–Kier alpha value is -2.64.